The van der Waals surface area contributed by atoms with Gasteiger partial charge in [0.05, 0.1) is 17.2 Å². The minimum Gasteiger partial charge on any atom is -0.444 e. The normalized spacial score (nSPS) is 18.2. The maximum absolute atomic E-state index is 13.9. The molecule has 0 radical (unpaired) electrons. The Kier molecular flexibility index (Phi) is 9.53. The van der Waals surface area contributed by atoms with Gasteiger partial charge < -0.3 is 15.8 Å². The van der Waals surface area contributed by atoms with Gasteiger partial charge in [-0.1, -0.05) is 39.7 Å². The summed E-state index contributed by atoms with van der Waals surface area (Å²) >= 11 is 9.60. The smallest absolute Gasteiger partial charge is 0.407 e. The van der Waals surface area contributed by atoms with Crippen LogP contribution in [-0.2, 0) is 20.7 Å². The molecule has 9 nitrogen and oxygen atoms in total. The second kappa shape index (κ2) is 12.7. The Labute approximate surface area is 247 Å². The molecule has 2 aromatic carbocycles. The Morgan fingerprint density at radius 3 is 2.58 bits per heavy atom. The summed E-state index contributed by atoms with van der Waals surface area (Å²) in [7, 11) is 0. The Hall–Kier alpha value is -2.95. The molecule has 1 heterocycles. The predicted molar refractivity (Wildman–Crippen MR) is 159 cm³/mol. The Morgan fingerprint density at radius 2 is 1.90 bits per heavy atom. The van der Waals surface area contributed by atoms with Crippen molar-refractivity contribution in [2.24, 2.45) is 17.6 Å². The standard InChI is InChI=1S/C29H35BrClN5O4/c1-29(2,3)40-28(39)33-16-17-7-9-19(10-8-17)26(37)36(21-11-12-22-24(15-21)34-35-25(22)31)27(38)23(32)14-18-5-4-6-20(30)13-18/h4-6,11-13,15,17,19,23H,7-10,14,16,32H2,1-3H3,(H,33,39)(H,34,35)/t17-,19-,23-/m0/s1. The third kappa shape index (κ3) is 7.62. The summed E-state index contributed by atoms with van der Waals surface area (Å²) < 4.78 is 6.21. The number of aromatic amines is 1. The van der Waals surface area contributed by atoms with E-state index in [1.807, 2.05) is 45.0 Å². The number of hydrogen-bond donors (Lipinski definition) is 3. The molecule has 1 saturated carbocycles. The van der Waals surface area contributed by atoms with Crippen LogP contribution in [0.15, 0.2) is 46.9 Å². The van der Waals surface area contributed by atoms with Gasteiger partial charge in [-0.25, -0.2) is 9.69 Å². The predicted octanol–water partition coefficient (Wildman–Crippen LogP) is 5.74. The number of H-pyrrole nitrogens is 1. The van der Waals surface area contributed by atoms with Crippen LogP contribution in [0.3, 0.4) is 0 Å². The van der Waals surface area contributed by atoms with E-state index in [0.29, 0.717) is 41.1 Å². The molecule has 0 aliphatic heterocycles. The SMILES string of the molecule is CC(C)(C)OC(=O)NC[C@H]1CC[C@H](C(=O)N(C(=O)[C@@H](N)Cc2cccc(Br)c2)c2ccc3c(Cl)n[nH]c3c2)CC1. The number of nitrogens with zero attached hydrogens (tertiary/aromatic N) is 2. The van der Waals surface area contributed by atoms with Gasteiger partial charge in [0.15, 0.2) is 5.15 Å². The second-order valence-corrected chi connectivity index (χ2v) is 12.6. The average molecular weight is 633 g/mol. The summed E-state index contributed by atoms with van der Waals surface area (Å²) in [6, 6.07) is 11.8. The van der Waals surface area contributed by atoms with Crippen molar-refractivity contribution in [3.63, 3.8) is 0 Å². The highest BCUT2D eigenvalue weighted by Crippen LogP contribution is 2.33. The van der Waals surface area contributed by atoms with Crippen molar-refractivity contribution in [2.75, 3.05) is 11.4 Å². The lowest BCUT2D eigenvalue weighted by atomic mass is 9.81. The van der Waals surface area contributed by atoms with Crippen molar-refractivity contribution in [1.29, 1.82) is 0 Å². The second-order valence-electron chi connectivity index (χ2n) is 11.3. The van der Waals surface area contributed by atoms with Gasteiger partial charge in [-0.05, 0) is 94.7 Å². The highest BCUT2D eigenvalue weighted by atomic mass is 79.9. The molecule has 214 valence electrons. The van der Waals surface area contributed by atoms with E-state index in [1.165, 1.54) is 4.90 Å². The van der Waals surface area contributed by atoms with Crippen LogP contribution < -0.4 is 16.0 Å². The van der Waals surface area contributed by atoms with Crippen LogP contribution in [0.2, 0.25) is 5.15 Å². The molecule has 4 N–H and O–H groups in total. The van der Waals surface area contributed by atoms with Crippen LogP contribution in [0.4, 0.5) is 10.5 Å². The van der Waals surface area contributed by atoms with Crippen molar-refractivity contribution in [3.8, 4) is 0 Å². The fourth-order valence-electron chi connectivity index (χ4n) is 4.99. The zero-order valence-electron chi connectivity index (χ0n) is 22.9. The number of carbonyl (C=O) groups excluding carboxylic acids is 3. The quantitative estimate of drug-likeness (QED) is 0.305. The molecule has 1 atom stereocenters. The van der Waals surface area contributed by atoms with Crippen LogP contribution in [0.1, 0.15) is 52.0 Å². The minimum absolute atomic E-state index is 0.225. The number of ether oxygens (including phenoxy) is 1. The minimum atomic E-state index is -0.923. The number of carbonyl (C=O) groups is 3. The highest BCUT2D eigenvalue weighted by molar-refractivity contribution is 9.10. The van der Waals surface area contributed by atoms with E-state index in [2.05, 4.69) is 31.4 Å². The zero-order valence-corrected chi connectivity index (χ0v) is 25.2. The molecule has 40 heavy (non-hydrogen) atoms. The highest BCUT2D eigenvalue weighted by Gasteiger charge is 2.35. The molecule has 0 unspecified atom stereocenters. The first-order valence-electron chi connectivity index (χ1n) is 13.4. The average Bonchev–Trinajstić information content (AvgIpc) is 3.26. The van der Waals surface area contributed by atoms with Crippen LogP contribution >= 0.6 is 27.5 Å². The number of fused-ring (bicyclic) bond motifs is 1. The monoisotopic (exact) mass is 631 g/mol. The summed E-state index contributed by atoms with van der Waals surface area (Å²) in [5, 5.41) is 10.7. The summed E-state index contributed by atoms with van der Waals surface area (Å²) in [6.45, 7) is 5.94. The largest absolute Gasteiger partial charge is 0.444 e. The topological polar surface area (TPSA) is 130 Å². The molecule has 0 saturated heterocycles. The number of imide groups is 1. The van der Waals surface area contributed by atoms with Crippen molar-refractivity contribution in [2.45, 2.75) is 64.5 Å². The molecule has 0 bridgehead atoms. The van der Waals surface area contributed by atoms with E-state index in [0.717, 1.165) is 22.9 Å². The zero-order chi connectivity index (χ0) is 29.0. The van der Waals surface area contributed by atoms with Crippen molar-refractivity contribution >= 4 is 62.0 Å². The maximum atomic E-state index is 13.9. The van der Waals surface area contributed by atoms with Gasteiger partial charge in [0.2, 0.25) is 5.91 Å². The molecule has 1 aromatic heterocycles. The van der Waals surface area contributed by atoms with Gasteiger partial charge in [0.25, 0.3) is 5.91 Å². The first-order valence-corrected chi connectivity index (χ1v) is 14.6. The number of hydrogen-bond acceptors (Lipinski definition) is 6. The number of amides is 3. The van der Waals surface area contributed by atoms with Crippen LogP contribution in [0.5, 0.6) is 0 Å². The molecule has 3 amide bonds. The van der Waals surface area contributed by atoms with E-state index in [-0.39, 0.29) is 24.2 Å². The number of rotatable bonds is 7. The van der Waals surface area contributed by atoms with Crippen molar-refractivity contribution < 1.29 is 19.1 Å². The lowest BCUT2D eigenvalue weighted by molar-refractivity contribution is -0.130. The Morgan fingerprint density at radius 1 is 1.18 bits per heavy atom. The summed E-state index contributed by atoms with van der Waals surface area (Å²) in [5.41, 5.74) is 7.76. The Bertz CT molecular complexity index is 1380. The lowest BCUT2D eigenvalue weighted by Gasteiger charge is -2.32. The maximum Gasteiger partial charge on any atom is 0.407 e. The van der Waals surface area contributed by atoms with Crippen molar-refractivity contribution in [1.82, 2.24) is 15.5 Å². The summed E-state index contributed by atoms with van der Waals surface area (Å²) in [6.07, 6.45) is 2.52. The molecular formula is C29H35BrClN5O4. The molecular weight excluding hydrogens is 598 g/mol. The number of benzene rings is 2. The van der Waals surface area contributed by atoms with Crippen LogP contribution in [-0.4, -0.2) is 46.3 Å². The van der Waals surface area contributed by atoms with Gasteiger partial charge in [-0.2, -0.15) is 5.10 Å². The van der Waals surface area contributed by atoms with Crippen LogP contribution in [0, 0.1) is 11.8 Å². The summed E-state index contributed by atoms with van der Waals surface area (Å²) in [5.74, 6) is -0.870. The van der Waals surface area contributed by atoms with Crippen molar-refractivity contribution in [3.05, 3.63) is 57.7 Å². The van der Waals surface area contributed by atoms with Gasteiger partial charge in [0, 0.05) is 22.3 Å². The van der Waals surface area contributed by atoms with E-state index in [1.54, 1.807) is 18.2 Å². The summed E-state index contributed by atoms with van der Waals surface area (Å²) in [4.78, 5) is 41.0. The van der Waals surface area contributed by atoms with Gasteiger partial charge in [-0.3, -0.25) is 14.7 Å². The van der Waals surface area contributed by atoms with E-state index in [4.69, 9.17) is 22.1 Å². The van der Waals surface area contributed by atoms with E-state index >= 15 is 0 Å². The van der Waals surface area contributed by atoms with Gasteiger partial charge >= 0.3 is 6.09 Å². The number of alkyl carbamates (subject to hydrolysis) is 1. The van der Waals surface area contributed by atoms with Gasteiger partial charge in [0.1, 0.15) is 5.60 Å². The molecule has 0 spiro atoms. The first-order chi connectivity index (χ1) is 18.9. The molecule has 3 aromatic rings. The number of aromatic nitrogens is 2. The fourth-order valence-corrected chi connectivity index (χ4v) is 5.64. The molecule has 1 aliphatic carbocycles. The first kappa shape index (κ1) is 30.0. The fraction of sp³-hybridized carbons (Fsp3) is 0.448. The lowest BCUT2D eigenvalue weighted by Crippen LogP contribution is -2.50. The number of halogens is 2. The molecule has 1 aliphatic rings. The van der Waals surface area contributed by atoms with Crippen LogP contribution in [0.25, 0.3) is 10.9 Å². The number of nitrogens with one attached hydrogen (secondary N) is 2. The number of nitrogens with two attached hydrogens (primary N) is 1. The molecule has 11 heteroatoms. The van der Waals surface area contributed by atoms with E-state index < -0.39 is 23.6 Å². The van der Waals surface area contributed by atoms with E-state index in [9.17, 15) is 14.4 Å². The van der Waals surface area contributed by atoms with Gasteiger partial charge in [-0.15, -0.1) is 0 Å². The Balaban J connectivity index is 1.48. The number of anilines is 1. The molecule has 4 rings (SSSR count). The molecule has 1 fully saturated rings. The third-order valence-corrected chi connectivity index (χ3v) is 7.77. The third-order valence-electron chi connectivity index (χ3n) is 6.99.